The molecule has 0 saturated heterocycles. The zero-order valence-corrected chi connectivity index (χ0v) is 13.5. The van der Waals surface area contributed by atoms with Crippen LogP contribution in [0.3, 0.4) is 0 Å². The predicted octanol–water partition coefficient (Wildman–Crippen LogP) is 4.31. The van der Waals surface area contributed by atoms with E-state index in [1.807, 2.05) is 11.3 Å². The second-order valence-electron chi connectivity index (χ2n) is 7.33. The molecule has 2 aliphatic rings. The molecule has 1 aromatic rings. The summed E-state index contributed by atoms with van der Waals surface area (Å²) in [6.07, 6.45) is 7.84. The largest absolute Gasteiger partial charge is 0.303 e. The second kappa shape index (κ2) is 4.56. The molecule has 106 valence electrons. The standard InChI is InChI=1S/C16H26N2S/c1-11-12(2)19-14(17-11)16(18-13-5-6-13)9-7-15(3,4)8-10-16/h13,18H,5-10H2,1-4H3. The van der Waals surface area contributed by atoms with Crippen molar-refractivity contribution in [3.05, 3.63) is 15.6 Å². The third-order valence-electron chi connectivity index (χ3n) is 4.95. The first-order chi connectivity index (χ1) is 8.90. The van der Waals surface area contributed by atoms with Crippen molar-refractivity contribution < 1.29 is 0 Å². The summed E-state index contributed by atoms with van der Waals surface area (Å²) < 4.78 is 0. The predicted molar refractivity (Wildman–Crippen MR) is 81.7 cm³/mol. The van der Waals surface area contributed by atoms with Crippen molar-refractivity contribution in [2.45, 2.75) is 77.8 Å². The lowest BCUT2D eigenvalue weighted by Crippen LogP contribution is -2.47. The van der Waals surface area contributed by atoms with E-state index in [0.717, 1.165) is 6.04 Å². The summed E-state index contributed by atoms with van der Waals surface area (Å²) in [6, 6.07) is 0.755. The maximum Gasteiger partial charge on any atom is 0.113 e. The molecule has 2 fully saturated rings. The SMILES string of the molecule is Cc1nc(C2(NC3CC3)CCC(C)(C)CC2)sc1C. The molecule has 0 spiro atoms. The molecule has 0 radical (unpaired) electrons. The number of hydrogen-bond acceptors (Lipinski definition) is 3. The van der Waals surface area contributed by atoms with E-state index in [4.69, 9.17) is 4.98 Å². The van der Waals surface area contributed by atoms with Crippen LogP contribution in [0.5, 0.6) is 0 Å². The van der Waals surface area contributed by atoms with E-state index in [0.29, 0.717) is 5.41 Å². The van der Waals surface area contributed by atoms with Crippen LogP contribution in [-0.2, 0) is 5.54 Å². The molecule has 0 bridgehead atoms. The third kappa shape index (κ3) is 2.73. The smallest absolute Gasteiger partial charge is 0.113 e. The van der Waals surface area contributed by atoms with Gasteiger partial charge in [0.1, 0.15) is 5.01 Å². The van der Waals surface area contributed by atoms with Crippen molar-refractivity contribution >= 4 is 11.3 Å². The summed E-state index contributed by atoms with van der Waals surface area (Å²) in [5.41, 5.74) is 1.91. The minimum atomic E-state index is 0.181. The fourth-order valence-electron chi connectivity index (χ4n) is 3.07. The molecule has 3 rings (SSSR count). The molecule has 3 heteroatoms. The number of nitrogens with one attached hydrogen (secondary N) is 1. The van der Waals surface area contributed by atoms with Crippen molar-refractivity contribution in [3.8, 4) is 0 Å². The van der Waals surface area contributed by atoms with Crippen LogP contribution in [0.15, 0.2) is 0 Å². The molecule has 0 aliphatic heterocycles. The number of hydrogen-bond donors (Lipinski definition) is 1. The molecule has 19 heavy (non-hydrogen) atoms. The Hall–Kier alpha value is -0.410. The fourth-order valence-corrected chi connectivity index (χ4v) is 4.19. The summed E-state index contributed by atoms with van der Waals surface area (Å²) in [5.74, 6) is 0. The van der Waals surface area contributed by atoms with Gasteiger partial charge in [-0.15, -0.1) is 11.3 Å². The van der Waals surface area contributed by atoms with Gasteiger partial charge in [0.05, 0.1) is 11.2 Å². The maximum atomic E-state index is 4.89. The zero-order valence-electron chi connectivity index (χ0n) is 12.7. The van der Waals surface area contributed by atoms with Crippen LogP contribution in [0.25, 0.3) is 0 Å². The van der Waals surface area contributed by atoms with Crippen LogP contribution in [-0.4, -0.2) is 11.0 Å². The summed E-state index contributed by atoms with van der Waals surface area (Å²) in [7, 11) is 0. The Kier molecular flexibility index (Phi) is 3.25. The third-order valence-corrected chi connectivity index (χ3v) is 6.23. The Morgan fingerprint density at radius 1 is 1.11 bits per heavy atom. The van der Waals surface area contributed by atoms with Crippen molar-refractivity contribution in [1.82, 2.24) is 10.3 Å². The van der Waals surface area contributed by atoms with E-state index in [9.17, 15) is 0 Å². The van der Waals surface area contributed by atoms with Gasteiger partial charge in [0.15, 0.2) is 0 Å². The quantitative estimate of drug-likeness (QED) is 0.891. The molecular formula is C16H26N2S. The van der Waals surface area contributed by atoms with Crippen molar-refractivity contribution in [3.63, 3.8) is 0 Å². The second-order valence-corrected chi connectivity index (χ2v) is 8.53. The monoisotopic (exact) mass is 278 g/mol. The van der Waals surface area contributed by atoms with Gasteiger partial charge in [-0.05, 0) is 57.8 Å². The highest BCUT2D eigenvalue weighted by Crippen LogP contribution is 2.47. The lowest BCUT2D eigenvalue weighted by molar-refractivity contribution is 0.132. The van der Waals surface area contributed by atoms with E-state index >= 15 is 0 Å². The van der Waals surface area contributed by atoms with Crippen molar-refractivity contribution in [1.29, 1.82) is 0 Å². The van der Waals surface area contributed by atoms with Crippen LogP contribution < -0.4 is 5.32 Å². The Balaban J connectivity index is 1.88. The molecule has 2 aliphatic carbocycles. The average Bonchev–Trinajstić information content (AvgIpc) is 3.09. The lowest BCUT2D eigenvalue weighted by Gasteiger charge is -2.43. The molecule has 0 unspecified atom stereocenters. The Labute approximate surface area is 121 Å². The first-order valence-electron chi connectivity index (χ1n) is 7.62. The first kappa shape index (κ1) is 13.6. The van der Waals surface area contributed by atoms with Crippen LogP contribution >= 0.6 is 11.3 Å². The topological polar surface area (TPSA) is 24.9 Å². The minimum Gasteiger partial charge on any atom is -0.303 e. The molecular weight excluding hydrogens is 252 g/mol. The van der Waals surface area contributed by atoms with Crippen LogP contribution in [0, 0.1) is 19.3 Å². The normalized spacial score (nSPS) is 25.5. The molecule has 1 aromatic heterocycles. The summed E-state index contributed by atoms with van der Waals surface area (Å²) in [5, 5.41) is 5.30. The molecule has 0 atom stereocenters. The first-order valence-corrected chi connectivity index (χ1v) is 8.44. The van der Waals surface area contributed by atoms with Crippen LogP contribution in [0.4, 0.5) is 0 Å². The van der Waals surface area contributed by atoms with Gasteiger partial charge in [-0.25, -0.2) is 4.98 Å². The van der Waals surface area contributed by atoms with Gasteiger partial charge in [-0.3, -0.25) is 0 Å². The minimum absolute atomic E-state index is 0.181. The van der Waals surface area contributed by atoms with E-state index < -0.39 is 0 Å². The van der Waals surface area contributed by atoms with Crippen LogP contribution in [0.2, 0.25) is 0 Å². The Morgan fingerprint density at radius 3 is 2.21 bits per heavy atom. The van der Waals surface area contributed by atoms with E-state index in [1.54, 1.807) is 0 Å². The molecule has 0 aromatic carbocycles. The zero-order chi connectivity index (χ0) is 13.7. The van der Waals surface area contributed by atoms with Gasteiger partial charge >= 0.3 is 0 Å². The van der Waals surface area contributed by atoms with Crippen molar-refractivity contribution in [2.75, 3.05) is 0 Å². The lowest BCUT2D eigenvalue weighted by atomic mass is 9.69. The maximum absolute atomic E-state index is 4.89. The van der Waals surface area contributed by atoms with Crippen molar-refractivity contribution in [2.24, 2.45) is 5.41 Å². The van der Waals surface area contributed by atoms with E-state index in [1.165, 1.54) is 54.1 Å². The highest BCUT2D eigenvalue weighted by Gasteiger charge is 2.44. The number of rotatable bonds is 3. The highest BCUT2D eigenvalue weighted by atomic mass is 32.1. The van der Waals surface area contributed by atoms with Gasteiger partial charge in [-0.2, -0.15) is 0 Å². The average molecular weight is 278 g/mol. The highest BCUT2D eigenvalue weighted by molar-refractivity contribution is 7.11. The number of aromatic nitrogens is 1. The fraction of sp³-hybridized carbons (Fsp3) is 0.812. The molecule has 2 saturated carbocycles. The van der Waals surface area contributed by atoms with Gasteiger partial charge in [0, 0.05) is 10.9 Å². The van der Waals surface area contributed by atoms with Gasteiger partial charge in [-0.1, -0.05) is 13.8 Å². The summed E-state index contributed by atoms with van der Waals surface area (Å²) in [4.78, 5) is 6.28. The number of thiazole rings is 1. The Morgan fingerprint density at radius 2 is 1.74 bits per heavy atom. The number of aryl methyl sites for hydroxylation is 2. The summed E-state index contributed by atoms with van der Waals surface area (Å²) >= 11 is 1.92. The van der Waals surface area contributed by atoms with Gasteiger partial charge < -0.3 is 5.32 Å². The molecule has 0 amide bonds. The van der Waals surface area contributed by atoms with E-state index in [2.05, 4.69) is 33.0 Å². The Bertz CT molecular complexity index is 442. The van der Waals surface area contributed by atoms with Gasteiger partial charge in [0.2, 0.25) is 0 Å². The molecule has 2 nitrogen and oxygen atoms in total. The molecule has 1 N–H and O–H groups in total. The molecule has 1 heterocycles. The number of nitrogens with zero attached hydrogens (tertiary/aromatic N) is 1. The van der Waals surface area contributed by atoms with Gasteiger partial charge in [0.25, 0.3) is 0 Å². The van der Waals surface area contributed by atoms with Crippen LogP contribution in [0.1, 0.15) is 68.0 Å². The summed E-state index contributed by atoms with van der Waals surface area (Å²) in [6.45, 7) is 9.17. The van der Waals surface area contributed by atoms with E-state index in [-0.39, 0.29) is 5.54 Å².